The van der Waals surface area contributed by atoms with Crippen molar-refractivity contribution < 1.29 is 9.90 Å². The zero-order valence-corrected chi connectivity index (χ0v) is 9.10. The van der Waals surface area contributed by atoms with Crippen molar-refractivity contribution >= 4 is 5.78 Å². The van der Waals surface area contributed by atoms with Crippen LogP contribution in [-0.4, -0.2) is 16.5 Å². The van der Waals surface area contributed by atoms with Gasteiger partial charge in [-0.3, -0.25) is 4.79 Å². The molecule has 2 heteroatoms. The normalized spacial score (nSPS) is 16.5. The molecule has 0 aliphatic carbocycles. The third kappa shape index (κ3) is 2.34. The van der Waals surface area contributed by atoms with Crippen molar-refractivity contribution in [2.75, 3.05) is 0 Å². The Kier molecular flexibility index (Phi) is 3.43. The van der Waals surface area contributed by atoms with Crippen molar-refractivity contribution in [3.8, 4) is 0 Å². The van der Waals surface area contributed by atoms with Gasteiger partial charge in [0.05, 0.1) is 0 Å². The van der Waals surface area contributed by atoms with Gasteiger partial charge in [0.2, 0.25) is 0 Å². The molecule has 0 aliphatic heterocycles. The van der Waals surface area contributed by atoms with Gasteiger partial charge in [-0.15, -0.1) is 6.58 Å². The summed E-state index contributed by atoms with van der Waals surface area (Å²) in [4.78, 5) is 11.3. The first-order valence-electron chi connectivity index (χ1n) is 4.91. The smallest absolute Gasteiger partial charge is 0.161 e. The average Bonchev–Trinajstić information content (AvgIpc) is 2.19. The maximum atomic E-state index is 11.3. The number of ketones is 1. The van der Waals surface area contributed by atoms with Crippen LogP contribution in [0.5, 0.6) is 0 Å². The minimum Gasteiger partial charge on any atom is -0.381 e. The zero-order valence-electron chi connectivity index (χ0n) is 9.10. The Balaban J connectivity index is 3.10. The van der Waals surface area contributed by atoms with Gasteiger partial charge in [-0.1, -0.05) is 36.4 Å². The second-order valence-electron chi connectivity index (χ2n) is 3.83. The van der Waals surface area contributed by atoms with Gasteiger partial charge in [0, 0.05) is 5.92 Å². The highest BCUT2D eigenvalue weighted by atomic mass is 16.3. The van der Waals surface area contributed by atoms with E-state index in [1.165, 1.54) is 13.8 Å². The van der Waals surface area contributed by atoms with E-state index in [0.29, 0.717) is 0 Å². The molecule has 0 radical (unpaired) electrons. The molecule has 0 heterocycles. The van der Waals surface area contributed by atoms with E-state index in [0.717, 1.165) is 5.56 Å². The van der Waals surface area contributed by atoms with Crippen LogP contribution in [0.2, 0.25) is 0 Å². The van der Waals surface area contributed by atoms with E-state index >= 15 is 0 Å². The van der Waals surface area contributed by atoms with Crippen LogP contribution in [0.25, 0.3) is 0 Å². The van der Waals surface area contributed by atoms with Crippen LogP contribution in [0.4, 0.5) is 0 Å². The number of carbonyl (C=O) groups excluding carboxylic acids is 1. The van der Waals surface area contributed by atoms with Gasteiger partial charge < -0.3 is 5.11 Å². The summed E-state index contributed by atoms with van der Waals surface area (Å²) in [5.41, 5.74) is -0.490. The summed E-state index contributed by atoms with van der Waals surface area (Å²) in [6.07, 6.45) is 1.61. The largest absolute Gasteiger partial charge is 0.381 e. The summed E-state index contributed by atoms with van der Waals surface area (Å²) in [5.74, 6) is -0.618. The zero-order chi connectivity index (χ0) is 11.5. The van der Waals surface area contributed by atoms with E-state index in [9.17, 15) is 9.90 Å². The minimum atomic E-state index is -1.39. The van der Waals surface area contributed by atoms with E-state index in [1.807, 2.05) is 30.3 Å². The van der Waals surface area contributed by atoms with Gasteiger partial charge in [-0.05, 0) is 19.4 Å². The summed E-state index contributed by atoms with van der Waals surface area (Å²) < 4.78 is 0. The first kappa shape index (κ1) is 11.7. The predicted molar refractivity (Wildman–Crippen MR) is 60.7 cm³/mol. The fourth-order valence-electron chi connectivity index (χ4n) is 1.57. The number of rotatable bonds is 4. The van der Waals surface area contributed by atoms with Crippen LogP contribution < -0.4 is 0 Å². The van der Waals surface area contributed by atoms with Crippen molar-refractivity contribution in [2.24, 2.45) is 0 Å². The molecular weight excluding hydrogens is 188 g/mol. The lowest BCUT2D eigenvalue weighted by molar-refractivity contribution is -0.134. The molecule has 80 valence electrons. The average molecular weight is 204 g/mol. The Morgan fingerprint density at radius 3 is 2.40 bits per heavy atom. The van der Waals surface area contributed by atoms with Gasteiger partial charge in [-0.25, -0.2) is 0 Å². The van der Waals surface area contributed by atoms with Crippen LogP contribution in [-0.2, 0) is 4.79 Å². The number of benzene rings is 1. The molecule has 1 aromatic rings. The molecule has 0 bridgehead atoms. The highest BCUT2D eigenvalue weighted by Gasteiger charge is 2.35. The topological polar surface area (TPSA) is 37.3 Å². The number of hydrogen-bond acceptors (Lipinski definition) is 2. The Morgan fingerprint density at radius 1 is 1.47 bits per heavy atom. The quantitative estimate of drug-likeness (QED) is 0.764. The van der Waals surface area contributed by atoms with E-state index in [4.69, 9.17) is 0 Å². The molecule has 0 saturated carbocycles. The highest BCUT2D eigenvalue weighted by molar-refractivity contribution is 5.85. The lowest BCUT2D eigenvalue weighted by Gasteiger charge is -2.28. The molecule has 2 atom stereocenters. The Hall–Kier alpha value is -1.41. The summed E-state index contributed by atoms with van der Waals surface area (Å²) >= 11 is 0. The fraction of sp³-hybridized carbons (Fsp3) is 0.308. The number of carbonyl (C=O) groups is 1. The molecule has 1 aromatic carbocycles. The van der Waals surface area contributed by atoms with Crippen LogP contribution in [0, 0.1) is 0 Å². The second-order valence-corrected chi connectivity index (χ2v) is 3.83. The Bertz CT molecular complexity index is 352. The summed E-state index contributed by atoms with van der Waals surface area (Å²) in [6, 6.07) is 9.41. The summed E-state index contributed by atoms with van der Waals surface area (Å²) in [7, 11) is 0. The molecule has 0 spiro atoms. The number of hydrogen-bond donors (Lipinski definition) is 1. The Morgan fingerprint density at radius 2 is 2.00 bits per heavy atom. The Labute approximate surface area is 90.3 Å². The fourth-order valence-corrected chi connectivity index (χ4v) is 1.57. The van der Waals surface area contributed by atoms with E-state index in [1.54, 1.807) is 6.08 Å². The van der Waals surface area contributed by atoms with Crippen molar-refractivity contribution in [1.82, 2.24) is 0 Å². The first-order chi connectivity index (χ1) is 7.00. The minimum absolute atomic E-state index is 0.253. The van der Waals surface area contributed by atoms with Gasteiger partial charge in [0.15, 0.2) is 5.78 Å². The van der Waals surface area contributed by atoms with Crippen molar-refractivity contribution in [3.63, 3.8) is 0 Å². The van der Waals surface area contributed by atoms with E-state index in [-0.39, 0.29) is 11.7 Å². The third-order valence-corrected chi connectivity index (χ3v) is 2.71. The highest BCUT2D eigenvalue weighted by Crippen LogP contribution is 2.29. The first-order valence-corrected chi connectivity index (χ1v) is 4.91. The lowest BCUT2D eigenvalue weighted by atomic mass is 9.81. The van der Waals surface area contributed by atoms with Crippen LogP contribution in [0.1, 0.15) is 25.3 Å². The van der Waals surface area contributed by atoms with Crippen LogP contribution >= 0.6 is 0 Å². The third-order valence-electron chi connectivity index (χ3n) is 2.71. The predicted octanol–water partition coefficient (Wildman–Crippen LogP) is 2.30. The lowest BCUT2D eigenvalue weighted by Crippen LogP contribution is -2.39. The van der Waals surface area contributed by atoms with Crippen molar-refractivity contribution in [2.45, 2.75) is 25.4 Å². The molecule has 1 rings (SSSR count). The molecule has 0 aromatic heterocycles. The second kappa shape index (κ2) is 4.41. The van der Waals surface area contributed by atoms with Gasteiger partial charge >= 0.3 is 0 Å². The van der Waals surface area contributed by atoms with E-state index < -0.39 is 5.60 Å². The molecule has 2 nitrogen and oxygen atoms in total. The molecule has 2 unspecified atom stereocenters. The molecular formula is C13H16O2. The van der Waals surface area contributed by atoms with Crippen molar-refractivity contribution in [3.05, 3.63) is 48.6 Å². The molecule has 0 fully saturated rings. The molecule has 1 N–H and O–H groups in total. The molecule has 0 aliphatic rings. The van der Waals surface area contributed by atoms with Gasteiger partial charge in [0.1, 0.15) is 5.60 Å². The SMILES string of the molecule is C=CC(c1ccccc1)C(C)(O)C(C)=O. The molecule has 0 saturated heterocycles. The number of aliphatic hydroxyl groups is 1. The molecule has 15 heavy (non-hydrogen) atoms. The maximum absolute atomic E-state index is 11.3. The summed E-state index contributed by atoms with van der Waals surface area (Å²) in [6.45, 7) is 6.58. The monoisotopic (exact) mass is 204 g/mol. The van der Waals surface area contributed by atoms with Crippen LogP contribution in [0.3, 0.4) is 0 Å². The van der Waals surface area contributed by atoms with Gasteiger partial charge in [0.25, 0.3) is 0 Å². The van der Waals surface area contributed by atoms with Crippen molar-refractivity contribution in [1.29, 1.82) is 0 Å². The summed E-state index contributed by atoms with van der Waals surface area (Å²) in [5, 5.41) is 10.1. The van der Waals surface area contributed by atoms with Gasteiger partial charge in [-0.2, -0.15) is 0 Å². The standard InChI is InChI=1S/C13H16O2/c1-4-12(13(3,15)10(2)14)11-8-6-5-7-9-11/h4-9,12,15H,1H2,2-3H3. The number of Topliss-reactive ketones (excluding diaryl/α,β-unsaturated/α-hetero) is 1. The maximum Gasteiger partial charge on any atom is 0.161 e. The van der Waals surface area contributed by atoms with E-state index in [2.05, 4.69) is 6.58 Å². The molecule has 0 amide bonds. The van der Waals surface area contributed by atoms with Crippen LogP contribution in [0.15, 0.2) is 43.0 Å².